The molecular formula is C14H19NO2. The highest BCUT2D eigenvalue weighted by molar-refractivity contribution is 5.45. The first kappa shape index (κ1) is 11.1. The largest absolute Gasteiger partial charge is 0.493 e. The molecule has 0 amide bonds. The van der Waals surface area contributed by atoms with Gasteiger partial charge in [0.05, 0.1) is 6.61 Å². The van der Waals surface area contributed by atoms with Crippen LogP contribution in [0, 0.1) is 5.92 Å². The van der Waals surface area contributed by atoms with Crippen LogP contribution in [0.4, 0.5) is 0 Å². The molecule has 1 unspecified atom stereocenters. The van der Waals surface area contributed by atoms with Crippen molar-refractivity contribution in [3.63, 3.8) is 0 Å². The van der Waals surface area contributed by atoms with E-state index in [0.29, 0.717) is 5.92 Å². The van der Waals surface area contributed by atoms with Crippen molar-refractivity contribution in [1.82, 2.24) is 0 Å². The molecule has 0 radical (unpaired) electrons. The van der Waals surface area contributed by atoms with E-state index < -0.39 is 0 Å². The lowest BCUT2D eigenvalue weighted by Gasteiger charge is -2.28. The normalized spacial score (nSPS) is 21.9. The first-order chi connectivity index (χ1) is 8.36. The predicted octanol–water partition coefficient (Wildman–Crippen LogP) is 2.05. The summed E-state index contributed by atoms with van der Waals surface area (Å²) in [4.78, 5) is 0. The molecule has 3 heteroatoms. The van der Waals surface area contributed by atoms with Crippen LogP contribution in [0.5, 0.6) is 5.75 Å². The van der Waals surface area contributed by atoms with E-state index in [1.807, 2.05) is 0 Å². The molecule has 1 fully saturated rings. The summed E-state index contributed by atoms with van der Waals surface area (Å²) in [5, 5.41) is 0. The molecule has 3 rings (SSSR count). The summed E-state index contributed by atoms with van der Waals surface area (Å²) in [6, 6.07) is 6.45. The van der Waals surface area contributed by atoms with Crippen molar-refractivity contribution in [3.05, 3.63) is 29.3 Å². The lowest BCUT2D eigenvalue weighted by Crippen LogP contribution is -2.27. The van der Waals surface area contributed by atoms with Gasteiger partial charge in [-0.2, -0.15) is 0 Å². The summed E-state index contributed by atoms with van der Waals surface area (Å²) < 4.78 is 11.1. The highest BCUT2D eigenvalue weighted by Gasteiger charge is 2.27. The van der Waals surface area contributed by atoms with Crippen molar-refractivity contribution in [1.29, 1.82) is 0 Å². The summed E-state index contributed by atoms with van der Waals surface area (Å²) in [6.45, 7) is 2.48. The third-order valence-corrected chi connectivity index (χ3v) is 3.88. The van der Waals surface area contributed by atoms with Gasteiger partial charge in [0.1, 0.15) is 5.75 Å². The van der Waals surface area contributed by atoms with Crippen molar-refractivity contribution >= 4 is 0 Å². The molecule has 1 aromatic rings. The Kier molecular flexibility index (Phi) is 3.04. The molecule has 1 saturated heterocycles. The molecule has 0 spiro atoms. The molecular weight excluding hydrogens is 214 g/mol. The monoisotopic (exact) mass is 233 g/mol. The lowest BCUT2D eigenvalue weighted by atomic mass is 9.87. The number of benzene rings is 1. The molecule has 2 aliphatic rings. The van der Waals surface area contributed by atoms with Crippen LogP contribution < -0.4 is 10.5 Å². The molecule has 2 aliphatic heterocycles. The van der Waals surface area contributed by atoms with E-state index in [1.54, 1.807) is 0 Å². The third-order valence-electron chi connectivity index (χ3n) is 3.88. The lowest BCUT2D eigenvalue weighted by molar-refractivity contribution is 0.0581. The third kappa shape index (κ3) is 2.05. The fourth-order valence-electron chi connectivity index (χ4n) is 2.83. The van der Waals surface area contributed by atoms with Gasteiger partial charge >= 0.3 is 0 Å². The van der Waals surface area contributed by atoms with Gasteiger partial charge in [0.25, 0.3) is 0 Å². The quantitative estimate of drug-likeness (QED) is 0.850. The van der Waals surface area contributed by atoms with Gasteiger partial charge in [-0.05, 0) is 24.3 Å². The zero-order valence-electron chi connectivity index (χ0n) is 10.0. The number of rotatable bonds is 2. The van der Waals surface area contributed by atoms with Crippen molar-refractivity contribution in [3.8, 4) is 5.75 Å². The Bertz CT molecular complexity index is 399. The van der Waals surface area contributed by atoms with Gasteiger partial charge in [-0.1, -0.05) is 18.2 Å². The van der Waals surface area contributed by atoms with Crippen LogP contribution >= 0.6 is 0 Å². The molecule has 17 heavy (non-hydrogen) atoms. The minimum atomic E-state index is 0.0898. The first-order valence-corrected chi connectivity index (χ1v) is 6.44. The summed E-state index contributed by atoms with van der Waals surface area (Å²) in [6.07, 6.45) is 3.14. The average Bonchev–Trinajstić information content (AvgIpc) is 2.87. The molecule has 0 aromatic heterocycles. The van der Waals surface area contributed by atoms with E-state index in [4.69, 9.17) is 15.2 Å². The fraction of sp³-hybridized carbons (Fsp3) is 0.571. The van der Waals surface area contributed by atoms with Gasteiger partial charge in [0, 0.05) is 31.2 Å². The van der Waals surface area contributed by atoms with Crippen LogP contribution in [0.2, 0.25) is 0 Å². The van der Waals surface area contributed by atoms with E-state index in [9.17, 15) is 0 Å². The maximum atomic E-state index is 6.41. The van der Waals surface area contributed by atoms with Crippen molar-refractivity contribution in [2.45, 2.75) is 25.3 Å². The fourth-order valence-corrected chi connectivity index (χ4v) is 2.83. The van der Waals surface area contributed by atoms with Crippen LogP contribution in [0.15, 0.2) is 18.2 Å². The highest BCUT2D eigenvalue weighted by Crippen LogP contribution is 2.37. The number of hydrogen-bond acceptors (Lipinski definition) is 3. The Morgan fingerprint density at radius 1 is 1.18 bits per heavy atom. The molecule has 0 bridgehead atoms. The molecule has 2 heterocycles. The van der Waals surface area contributed by atoms with Crippen LogP contribution in [-0.2, 0) is 11.2 Å². The van der Waals surface area contributed by atoms with Crippen molar-refractivity contribution in [2.75, 3.05) is 19.8 Å². The predicted molar refractivity (Wildman–Crippen MR) is 66.1 cm³/mol. The molecule has 3 nitrogen and oxygen atoms in total. The van der Waals surface area contributed by atoms with Crippen LogP contribution in [0.3, 0.4) is 0 Å². The summed E-state index contributed by atoms with van der Waals surface area (Å²) in [5.74, 6) is 1.57. The SMILES string of the molecule is NC(c1cccc2c1OCC2)C1CCOCC1. The van der Waals surface area contributed by atoms with Crippen LogP contribution in [0.1, 0.15) is 30.0 Å². The van der Waals surface area contributed by atoms with Crippen molar-refractivity contribution < 1.29 is 9.47 Å². The maximum absolute atomic E-state index is 6.41. The maximum Gasteiger partial charge on any atom is 0.127 e. The smallest absolute Gasteiger partial charge is 0.127 e. The Hall–Kier alpha value is -1.06. The number of hydrogen-bond donors (Lipinski definition) is 1. The van der Waals surface area contributed by atoms with Gasteiger partial charge in [0.2, 0.25) is 0 Å². The van der Waals surface area contributed by atoms with E-state index in [0.717, 1.165) is 44.8 Å². The number of fused-ring (bicyclic) bond motifs is 1. The van der Waals surface area contributed by atoms with Gasteiger partial charge in [-0.3, -0.25) is 0 Å². The highest BCUT2D eigenvalue weighted by atomic mass is 16.5. The minimum Gasteiger partial charge on any atom is -0.493 e. The average molecular weight is 233 g/mol. The van der Waals surface area contributed by atoms with Gasteiger partial charge < -0.3 is 15.2 Å². The summed E-state index contributed by atoms with van der Waals surface area (Å²) in [5.41, 5.74) is 8.90. The summed E-state index contributed by atoms with van der Waals surface area (Å²) >= 11 is 0. The molecule has 0 saturated carbocycles. The van der Waals surface area contributed by atoms with Gasteiger partial charge in [-0.15, -0.1) is 0 Å². The second-order valence-corrected chi connectivity index (χ2v) is 4.91. The van der Waals surface area contributed by atoms with E-state index in [-0.39, 0.29) is 6.04 Å². The Labute approximate surface area is 102 Å². The number of para-hydroxylation sites is 1. The molecule has 2 N–H and O–H groups in total. The van der Waals surface area contributed by atoms with E-state index in [2.05, 4.69) is 18.2 Å². The number of ether oxygens (including phenoxy) is 2. The molecule has 1 aromatic carbocycles. The zero-order valence-corrected chi connectivity index (χ0v) is 10.0. The van der Waals surface area contributed by atoms with Gasteiger partial charge in [-0.25, -0.2) is 0 Å². The minimum absolute atomic E-state index is 0.0898. The zero-order chi connectivity index (χ0) is 11.7. The molecule has 0 aliphatic carbocycles. The second kappa shape index (κ2) is 4.67. The Morgan fingerprint density at radius 2 is 2.00 bits per heavy atom. The molecule has 92 valence electrons. The Morgan fingerprint density at radius 3 is 2.82 bits per heavy atom. The summed E-state index contributed by atoms with van der Waals surface area (Å²) in [7, 11) is 0. The Balaban J connectivity index is 1.85. The van der Waals surface area contributed by atoms with E-state index >= 15 is 0 Å². The van der Waals surface area contributed by atoms with Gasteiger partial charge in [0.15, 0.2) is 0 Å². The standard InChI is InChI=1S/C14H19NO2/c15-13(10-4-7-16-8-5-10)12-3-1-2-11-6-9-17-14(11)12/h1-3,10,13H,4-9,15H2. The van der Waals surface area contributed by atoms with Crippen LogP contribution in [0.25, 0.3) is 0 Å². The molecule has 1 atom stereocenters. The van der Waals surface area contributed by atoms with E-state index in [1.165, 1.54) is 11.1 Å². The topological polar surface area (TPSA) is 44.5 Å². The second-order valence-electron chi connectivity index (χ2n) is 4.91. The van der Waals surface area contributed by atoms with Crippen LogP contribution in [-0.4, -0.2) is 19.8 Å². The van der Waals surface area contributed by atoms with Crippen molar-refractivity contribution in [2.24, 2.45) is 11.7 Å². The number of nitrogens with two attached hydrogens (primary N) is 1. The first-order valence-electron chi connectivity index (χ1n) is 6.44.